The second-order valence-electron chi connectivity index (χ2n) is 23.5. The van der Waals surface area contributed by atoms with E-state index in [1.54, 1.807) is 22.3 Å². The molecule has 10 rings (SSSR count). The topological polar surface area (TPSA) is 0 Å². The molecule has 0 heteroatoms. The van der Waals surface area contributed by atoms with Gasteiger partial charge in [0, 0.05) is 0 Å². The summed E-state index contributed by atoms with van der Waals surface area (Å²) in [5.74, 6) is 0. The smallest absolute Gasteiger partial charge is 0.0446 e. The molecule has 0 heterocycles. The fourth-order valence-corrected chi connectivity index (χ4v) is 14.9. The van der Waals surface area contributed by atoms with Crippen molar-refractivity contribution in [1.29, 1.82) is 0 Å². The van der Waals surface area contributed by atoms with Gasteiger partial charge in [-0.15, -0.1) is 0 Å². The molecule has 0 atom stereocenters. The average molecular weight is 937 g/mol. The van der Waals surface area contributed by atoms with E-state index in [2.05, 4.69) is 194 Å². The molecule has 368 valence electrons. The van der Waals surface area contributed by atoms with E-state index < -0.39 is 0 Å². The summed E-state index contributed by atoms with van der Waals surface area (Å²) < 4.78 is 0. The molecule has 0 radical (unpaired) electrons. The molecule has 0 saturated heterocycles. The van der Waals surface area contributed by atoms with Crippen molar-refractivity contribution in [3.8, 4) is 22.3 Å². The van der Waals surface area contributed by atoms with Gasteiger partial charge in [-0.25, -0.2) is 0 Å². The zero-order valence-corrected chi connectivity index (χ0v) is 49.5. The Morgan fingerprint density at radius 3 is 0.380 bits per heavy atom. The van der Waals surface area contributed by atoms with Crippen molar-refractivity contribution >= 4 is 32.3 Å². The quantitative estimate of drug-likeness (QED) is 0.133. The first-order chi connectivity index (χ1) is 33.0. The van der Waals surface area contributed by atoms with Crippen LogP contribution in [0.1, 0.15) is 178 Å². The van der Waals surface area contributed by atoms with Gasteiger partial charge in [0.05, 0.1) is 5.41 Å². The summed E-state index contributed by atoms with van der Waals surface area (Å²) in [6.07, 6.45) is 0. The predicted octanol–water partition coefficient (Wildman–Crippen LogP) is 19.8. The highest BCUT2D eigenvalue weighted by atomic mass is 14.6. The monoisotopic (exact) mass is 937 g/mol. The van der Waals surface area contributed by atoms with Crippen LogP contribution >= 0.6 is 0 Å². The van der Waals surface area contributed by atoms with Gasteiger partial charge in [0.1, 0.15) is 0 Å². The van der Waals surface area contributed by atoms with Gasteiger partial charge in [-0.1, -0.05) is 0 Å². The third-order valence-corrected chi connectivity index (χ3v) is 21.6. The first kappa shape index (κ1) is 50.5. The summed E-state index contributed by atoms with van der Waals surface area (Å²) in [4.78, 5) is 0. The van der Waals surface area contributed by atoms with Crippen LogP contribution in [0.3, 0.4) is 0 Å². The number of aryl methyl sites for hydroxylation is 6. The lowest BCUT2D eigenvalue weighted by atomic mass is 9.64. The Morgan fingerprint density at radius 2 is 0.239 bits per heavy atom. The Kier molecular flexibility index (Phi) is 11.6. The second kappa shape index (κ2) is 16.3. The van der Waals surface area contributed by atoms with Crippen molar-refractivity contribution in [1.82, 2.24) is 0 Å². The number of benzene rings is 8. The maximum atomic E-state index is 2.42. The predicted molar refractivity (Wildman–Crippen MR) is 314 cm³/mol. The van der Waals surface area contributed by atoms with Crippen molar-refractivity contribution in [3.63, 3.8) is 0 Å². The molecule has 8 aromatic carbocycles. The van der Waals surface area contributed by atoms with E-state index in [1.165, 1.54) is 210 Å². The van der Waals surface area contributed by atoms with Crippen LogP contribution in [-0.4, -0.2) is 0 Å². The lowest BCUT2D eigenvalue weighted by Crippen LogP contribution is -2.31. The van der Waals surface area contributed by atoms with Gasteiger partial charge in [-0.3, -0.25) is 0 Å². The Hall–Kier alpha value is -5.46. The Morgan fingerprint density at radius 1 is 0.127 bits per heavy atom. The first-order valence-electron chi connectivity index (χ1n) is 26.8. The van der Waals surface area contributed by atoms with Gasteiger partial charge in [0.2, 0.25) is 0 Å². The molecular formula is C71H84. The van der Waals surface area contributed by atoms with Crippen molar-refractivity contribution in [2.24, 2.45) is 0 Å². The molecule has 71 heavy (non-hydrogen) atoms. The zero-order chi connectivity index (χ0) is 52.7. The largest absolute Gasteiger partial charge is 0.0736 e. The van der Waals surface area contributed by atoms with Crippen LogP contribution < -0.4 is 0 Å². The number of hydrogen-bond donors (Lipinski definition) is 0. The molecule has 0 saturated carbocycles. The Balaban J connectivity index is 0.000000185. The SMILES string of the molecule is Cc1c(C)c(C)c2c(c1C)-c1c(C)c(C)c(C)c(C)c1C21c2c(C)c(C)c(C)c(C)c2-c2c(C)c(C)c(C)c(C)c21.Cc1c(C)c(C)c2c(c1C)c1c(C)c(C)c(C)c(C)c1c1c(C)c(C)c(C)c(C)c21. The minimum atomic E-state index is -0.323. The van der Waals surface area contributed by atoms with Crippen LogP contribution in [-0.2, 0) is 5.41 Å². The summed E-state index contributed by atoms with van der Waals surface area (Å²) in [6.45, 7) is 65.9. The van der Waals surface area contributed by atoms with E-state index in [1.807, 2.05) is 0 Å². The minimum absolute atomic E-state index is 0.323. The van der Waals surface area contributed by atoms with E-state index >= 15 is 0 Å². The standard InChI is InChI=1S/C41H48.C30H36/c1-17-21(5)29(13)37-33(25(17)9)34-26(10)18(2)22(6)30(14)38(34)41(37)39-31(15)23(7)19(3)27(11)35(39)36-28(12)20(4)24(8)32(16)40(36)41;1-13-14(2)20(8)26-25(19(13)7)27-21(9)15(3)16(4)23(11)29(27)30-24(12)18(6)17(5)22(10)28(26)30/h1-16H3;1-12H3. The van der Waals surface area contributed by atoms with Gasteiger partial charge in [0.25, 0.3) is 0 Å². The van der Waals surface area contributed by atoms with Gasteiger partial charge >= 0.3 is 0 Å². The van der Waals surface area contributed by atoms with Crippen molar-refractivity contribution in [3.05, 3.63) is 178 Å². The fourth-order valence-electron chi connectivity index (χ4n) is 14.9. The van der Waals surface area contributed by atoms with Crippen LogP contribution in [0.2, 0.25) is 0 Å². The lowest BCUT2D eigenvalue weighted by molar-refractivity contribution is 0.756. The number of rotatable bonds is 0. The van der Waals surface area contributed by atoms with Crippen molar-refractivity contribution < 1.29 is 0 Å². The summed E-state index contributed by atoms with van der Waals surface area (Å²) in [6, 6.07) is 0. The molecule has 0 unspecified atom stereocenters. The summed E-state index contributed by atoms with van der Waals surface area (Å²) in [5.41, 5.74) is 52.5. The minimum Gasteiger partial charge on any atom is -0.0446 e. The maximum absolute atomic E-state index is 2.42. The van der Waals surface area contributed by atoms with E-state index in [9.17, 15) is 0 Å². The molecule has 0 bridgehead atoms. The molecule has 2 aliphatic rings. The Labute approximate surface area is 429 Å². The number of hydrogen-bond acceptors (Lipinski definition) is 0. The van der Waals surface area contributed by atoms with E-state index in [-0.39, 0.29) is 5.41 Å². The van der Waals surface area contributed by atoms with E-state index in [4.69, 9.17) is 0 Å². The highest BCUT2D eigenvalue weighted by Gasteiger charge is 2.57. The molecule has 0 N–H and O–H groups in total. The van der Waals surface area contributed by atoms with Crippen LogP contribution in [0.4, 0.5) is 0 Å². The second-order valence-corrected chi connectivity index (χ2v) is 23.5. The van der Waals surface area contributed by atoms with E-state index in [0.29, 0.717) is 0 Å². The van der Waals surface area contributed by atoms with Gasteiger partial charge in [-0.2, -0.15) is 0 Å². The van der Waals surface area contributed by atoms with Gasteiger partial charge in [-0.05, 0) is 426 Å². The molecular weight excluding hydrogens is 853 g/mol. The molecule has 8 aromatic rings. The zero-order valence-electron chi connectivity index (χ0n) is 49.5. The summed E-state index contributed by atoms with van der Waals surface area (Å²) in [7, 11) is 0. The molecule has 2 aliphatic carbocycles. The third-order valence-electron chi connectivity index (χ3n) is 21.6. The first-order valence-corrected chi connectivity index (χ1v) is 26.8. The number of fused-ring (bicyclic) bond motifs is 16. The van der Waals surface area contributed by atoms with Crippen LogP contribution in [0.25, 0.3) is 54.6 Å². The molecule has 0 amide bonds. The lowest BCUT2D eigenvalue weighted by Gasteiger charge is -2.37. The van der Waals surface area contributed by atoms with E-state index in [0.717, 1.165) is 0 Å². The molecule has 1 spiro atoms. The van der Waals surface area contributed by atoms with Crippen LogP contribution in [0.15, 0.2) is 0 Å². The molecule has 0 aliphatic heterocycles. The molecule has 0 aromatic heterocycles. The average Bonchev–Trinajstić information content (AvgIpc) is 3.84. The van der Waals surface area contributed by atoms with Gasteiger partial charge < -0.3 is 0 Å². The maximum Gasteiger partial charge on any atom is 0.0736 e. The highest BCUT2D eigenvalue weighted by Crippen LogP contribution is 2.69. The fraction of sp³-hybridized carbons (Fsp3) is 0.408. The van der Waals surface area contributed by atoms with Crippen molar-refractivity contribution in [2.45, 2.75) is 199 Å². The normalized spacial score (nSPS) is 13.2. The van der Waals surface area contributed by atoms with Crippen LogP contribution in [0, 0.1) is 194 Å². The summed E-state index contributed by atoms with van der Waals surface area (Å²) in [5, 5.41) is 8.88. The molecule has 0 nitrogen and oxygen atoms in total. The Bertz CT molecular complexity index is 3250. The summed E-state index contributed by atoms with van der Waals surface area (Å²) >= 11 is 0. The van der Waals surface area contributed by atoms with Crippen LogP contribution in [0.5, 0.6) is 0 Å². The van der Waals surface area contributed by atoms with Crippen molar-refractivity contribution in [2.75, 3.05) is 0 Å². The molecule has 0 fully saturated rings. The highest BCUT2D eigenvalue weighted by molar-refractivity contribution is 6.30. The van der Waals surface area contributed by atoms with Gasteiger partial charge in [0.15, 0.2) is 0 Å². The third kappa shape index (κ3) is 5.92.